The molecule has 0 amide bonds. The molecule has 0 N–H and O–H groups in total. The Labute approximate surface area is 121 Å². The summed E-state index contributed by atoms with van der Waals surface area (Å²) in [5, 5.41) is 3.93. The number of hydrogen-bond acceptors (Lipinski definition) is 7. The van der Waals surface area contributed by atoms with Gasteiger partial charge in [0.2, 0.25) is 0 Å². The third-order valence-electron chi connectivity index (χ3n) is 3.08. The van der Waals surface area contributed by atoms with Crippen molar-refractivity contribution < 1.29 is 13.9 Å². The van der Waals surface area contributed by atoms with E-state index in [0.29, 0.717) is 34.7 Å². The third kappa shape index (κ3) is 3.41. The van der Waals surface area contributed by atoms with Gasteiger partial charge in [0.1, 0.15) is 17.7 Å². The molecule has 108 valence electrons. The maximum absolute atomic E-state index is 12.0. The molecular weight excluding hydrogens is 278 g/mol. The Morgan fingerprint density at radius 1 is 1.55 bits per heavy atom. The average molecular weight is 295 g/mol. The Kier molecular flexibility index (Phi) is 4.84. The normalized spacial score (nSPS) is 12.3. The number of aryl methyl sites for hydroxylation is 1. The molecule has 0 unspecified atom stereocenters. The van der Waals surface area contributed by atoms with Gasteiger partial charge in [0.05, 0.1) is 6.61 Å². The zero-order chi connectivity index (χ0) is 14.5. The molecule has 0 bridgehead atoms. The molecule has 2 rings (SSSR count). The van der Waals surface area contributed by atoms with E-state index in [-0.39, 0.29) is 0 Å². The van der Waals surface area contributed by atoms with Gasteiger partial charge in [-0.1, -0.05) is 24.8 Å². The van der Waals surface area contributed by atoms with Crippen LogP contribution in [0.1, 0.15) is 42.3 Å². The molecular formula is C13H17N3O3S. The van der Waals surface area contributed by atoms with Crippen molar-refractivity contribution in [2.45, 2.75) is 33.6 Å². The van der Waals surface area contributed by atoms with Crippen LogP contribution in [-0.4, -0.2) is 27.1 Å². The van der Waals surface area contributed by atoms with Gasteiger partial charge in [0.25, 0.3) is 0 Å². The number of hydrogen-bond donors (Lipinski definition) is 0. The number of nitrogens with zero attached hydrogens (tertiary/aromatic N) is 3. The van der Waals surface area contributed by atoms with Crippen LogP contribution < -0.4 is 0 Å². The Hall–Kier alpha value is -1.76. The van der Waals surface area contributed by atoms with Crippen molar-refractivity contribution in [2.75, 3.05) is 6.61 Å². The number of carbonyl (C=O) groups is 1. The van der Waals surface area contributed by atoms with Crippen molar-refractivity contribution in [3.63, 3.8) is 0 Å². The summed E-state index contributed by atoms with van der Waals surface area (Å²) in [6.45, 7) is 6.38. The zero-order valence-corrected chi connectivity index (χ0v) is 12.6. The average Bonchev–Trinajstić information content (AvgIpc) is 3.06. The van der Waals surface area contributed by atoms with Crippen LogP contribution >= 0.6 is 11.5 Å². The molecule has 6 nitrogen and oxygen atoms in total. The number of rotatable bonds is 6. The van der Waals surface area contributed by atoms with Crippen LogP contribution in [0.25, 0.3) is 11.4 Å². The number of aromatic nitrogens is 3. The van der Waals surface area contributed by atoms with Gasteiger partial charge < -0.3 is 9.15 Å². The zero-order valence-electron chi connectivity index (χ0n) is 11.8. The summed E-state index contributed by atoms with van der Waals surface area (Å²) >= 11 is 1.01. The Morgan fingerprint density at radius 3 is 3.00 bits per heavy atom. The van der Waals surface area contributed by atoms with Crippen LogP contribution in [0, 0.1) is 12.8 Å². The fraction of sp³-hybridized carbons (Fsp3) is 0.538. The fourth-order valence-electron chi connectivity index (χ4n) is 1.59. The maximum Gasteiger partial charge on any atom is 0.352 e. The highest BCUT2D eigenvalue weighted by Crippen LogP contribution is 2.24. The van der Waals surface area contributed by atoms with E-state index in [1.54, 1.807) is 6.92 Å². The highest BCUT2D eigenvalue weighted by Gasteiger charge is 2.21. The van der Waals surface area contributed by atoms with E-state index in [0.717, 1.165) is 24.4 Å². The molecule has 0 fully saturated rings. The maximum atomic E-state index is 12.0. The minimum absolute atomic E-state index is 0.363. The van der Waals surface area contributed by atoms with Gasteiger partial charge in [-0.2, -0.15) is 0 Å². The highest BCUT2D eigenvalue weighted by molar-refractivity contribution is 7.08. The summed E-state index contributed by atoms with van der Waals surface area (Å²) in [6.07, 6.45) is 3.39. The van der Waals surface area contributed by atoms with E-state index < -0.39 is 5.97 Å². The molecule has 0 saturated heterocycles. The molecule has 0 aliphatic carbocycles. The third-order valence-corrected chi connectivity index (χ3v) is 3.78. The first kappa shape index (κ1) is 14.6. The summed E-state index contributed by atoms with van der Waals surface area (Å²) in [6, 6.07) is 0. The first-order chi connectivity index (χ1) is 9.61. The summed E-state index contributed by atoms with van der Waals surface area (Å²) < 4.78 is 14.2. The molecule has 0 aliphatic rings. The van der Waals surface area contributed by atoms with Gasteiger partial charge >= 0.3 is 5.97 Å². The van der Waals surface area contributed by atoms with Crippen molar-refractivity contribution in [1.29, 1.82) is 0 Å². The lowest BCUT2D eigenvalue weighted by molar-refractivity contribution is 0.0491. The van der Waals surface area contributed by atoms with Gasteiger partial charge in [-0.3, -0.25) is 0 Å². The summed E-state index contributed by atoms with van der Waals surface area (Å²) in [7, 11) is 0. The first-order valence-corrected chi connectivity index (χ1v) is 7.31. The van der Waals surface area contributed by atoms with Gasteiger partial charge in [-0.05, 0) is 23.9 Å². The van der Waals surface area contributed by atoms with Crippen molar-refractivity contribution in [2.24, 2.45) is 5.92 Å². The van der Waals surface area contributed by atoms with Gasteiger partial charge in [-0.15, -0.1) is 5.10 Å². The Balaban J connectivity index is 2.02. The molecule has 0 aliphatic heterocycles. The van der Waals surface area contributed by atoms with E-state index in [1.807, 2.05) is 0 Å². The van der Waals surface area contributed by atoms with Crippen LogP contribution in [0.2, 0.25) is 0 Å². The smallest absolute Gasteiger partial charge is 0.352 e. The Bertz CT molecular complexity index is 579. The first-order valence-electron chi connectivity index (χ1n) is 6.53. The van der Waals surface area contributed by atoms with Crippen LogP contribution in [0.3, 0.4) is 0 Å². The number of oxazole rings is 1. The lowest BCUT2D eigenvalue weighted by Crippen LogP contribution is -2.08. The van der Waals surface area contributed by atoms with Crippen molar-refractivity contribution in [1.82, 2.24) is 14.6 Å². The standard InChI is InChI=1S/C13H17N3O3S/c1-4-8(2)5-6-18-13(17)12-11(15-16-20-12)10-7-19-9(3)14-10/h7-8H,4-6H2,1-3H3/t8-/m0/s1. The minimum atomic E-state index is -0.404. The molecule has 20 heavy (non-hydrogen) atoms. The quantitative estimate of drug-likeness (QED) is 0.762. The van der Waals surface area contributed by atoms with E-state index >= 15 is 0 Å². The predicted molar refractivity (Wildman–Crippen MR) is 74.5 cm³/mol. The van der Waals surface area contributed by atoms with Crippen molar-refractivity contribution in [3.05, 3.63) is 17.0 Å². The SMILES string of the molecule is CC[C@H](C)CCOC(=O)c1snnc1-c1coc(C)n1. The van der Waals surface area contributed by atoms with E-state index in [9.17, 15) is 4.79 Å². The lowest BCUT2D eigenvalue weighted by Gasteiger charge is -2.08. The monoisotopic (exact) mass is 295 g/mol. The van der Waals surface area contributed by atoms with Crippen LogP contribution in [0.4, 0.5) is 0 Å². The molecule has 2 heterocycles. The molecule has 0 saturated carbocycles. The van der Waals surface area contributed by atoms with Gasteiger partial charge in [0, 0.05) is 6.92 Å². The highest BCUT2D eigenvalue weighted by atomic mass is 32.1. The summed E-state index contributed by atoms with van der Waals surface area (Å²) in [5.74, 6) is 0.656. The van der Waals surface area contributed by atoms with Crippen LogP contribution in [-0.2, 0) is 4.74 Å². The molecule has 2 aromatic rings. The Morgan fingerprint density at radius 2 is 2.35 bits per heavy atom. The topological polar surface area (TPSA) is 78.1 Å². The largest absolute Gasteiger partial charge is 0.461 e. The molecule has 0 aromatic carbocycles. The van der Waals surface area contributed by atoms with Crippen LogP contribution in [0.15, 0.2) is 10.7 Å². The molecule has 0 radical (unpaired) electrons. The fourth-order valence-corrected chi connectivity index (χ4v) is 2.16. The number of esters is 1. The van der Waals surface area contributed by atoms with E-state index in [1.165, 1.54) is 6.26 Å². The minimum Gasteiger partial charge on any atom is -0.461 e. The van der Waals surface area contributed by atoms with Gasteiger partial charge in [-0.25, -0.2) is 9.78 Å². The van der Waals surface area contributed by atoms with Gasteiger partial charge in [0.15, 0.2) is 10.8 Å². The number of ether oxygens (including phenoxy) is 1. The lowest BCUT2D eigenvalue weighted by atomic mass is 10.1. The second-order valence-electron chi connectivity index (χ2n) is 4.64. The molecule has 7 heteroatoms. The number of carbonyl (C=O) groups excluding carboxylic acids is 1. The second kappa shape index (κ2) is 6.60. The van der Waals surface area contributed by atoms with E-state index in [2.05, 4.69) is 28.4 Å². The van der Waals surface area contributed by atoms with Crippen molar-refractivity contribution in [3.8, 4) is 11.4 Å². The second-order valence-corrected chi connectivity index (χ2v) is 5.39. The van der Waals surface area contributed by atoms with E-state index in [4.69, 9.17) is 9.15 Å². The predicted octanol–water partition coefficient (Wildman–Crippen LogP) is 3.09. The van der Waals surface area contributed by atoms with Crippen LogP contribution in [0.5, 0.6) is 0 Å². The van der Waals surface area contributed by atoms with Crippen molar-refractivity contribution >= 4 is 17.5 Å². The summed E-state index contributed by atoms with van der Waals surface area (Å²) in [5.41, 5.74) is 0.922. The molecule has 2 aromatic heterocycles. The molecule has 1 atom stereocenters. The summed E-state index contributed by atoms with van der Waals surface area (Å²) in [4.78, 5) is 16.5. The molecule has 0 spiro atoms.